The number of rotatable bonds is 5. The lowest BCUT2D eigenvalue weighted by atomic mass is 9.99. The summed E-state index contributed by atoms with van der Waals surface area (Å²) in [6.07, 6.45) is 4.08. The van der Waals surface area contributed by atoms with Crippen LogP contribution in [0.2, 0.25) is 0 Å². The van der Waals surface area contributed by atoms with Crippen molar-refractivity contribution in [3.63, 3.8) is 0 Å². The highest BCUT2D eigenvalue weighted by Crippen LogP contribution is 2.37. The van der Waals surface area contributed by atoms with Gasteiger partial charge in [0.25, 0.3) is 5.91 Å². The summed E-state index contributed by atoms with van der Waals surface area (Å²) in [5, 5.41) is 2.97. The van der Waals surface area contributed by atoms with E-state index in [0.717, 1.165) is 17.1 Å². The molecule has 2 aliphatic heterocycles. The lowest BCUT2D eigenvalue weighted by molar-refractivity contribution is 0.0909. The number of hydrogen-bond donors (Lipinski definition) is 1. The Hall–Kier alpha value is -1.49. The Labute approximate surface area is 160 Å². The van der Waals surface area contributed by atoms with Crippen LogP contribution in [-0.4, -0.2) is 69.8 Å². The normalized spacial score (nSPS) is 26.3. The van der Waals surface area contributed by atoms with Gasteiger partial charge in [-0.2, -0.15) is 4.31 Å². The minimum Gasteiger partial charge on any atom is -0.349 e. The first kappa shape index (κ1) is 20.2. The number of piperidine rings is 1. The summed E-state index contributed by atoms with van der Waals surface area (Å²) in [6.45, 7) is 0. The summed E-state index contributed by atoms with van der Waals surface area (Å²) in [6, 6.07) is 5.62. The summed E-state index contributed by atoms with van der Waals surface area (Å²) in [4.78, 5) is 12.6. The van der Waals surface area contributed by atoms with Crippen molar-refractivity contribution in [2.45, 2.75) is 48.7 Å². The molecule has 3 rings (SSSR count). The number of amides is 1. The fourth-order valence-corrected chi connectivity index (χ4v) is 6.42. The third-order valence-corrected chi connectivity index (χ3v) is 8.47. The van der Waals surface area contributed by atoms with Gasteiger partial charge >= 0.3 is 0 Å². The maximum absolute atomic E-state index is 12.5. The van der Waals surface area contributed by atoms with Crippen molar-refractivity contribution in [3.05, 3.63) is 29.8 Å². The summed E-state index contributed by atoms with van der Waals surface area (Å²) >= 11 is 0. The topological polar surface area (TPSA) is 104 Å². The molecule has 27 heavy (non-hydrogen) atoms. The molecule has 1 aromatic rings. The van der Waals surface area contributed by atoms with E-state index in [2.05, 4.69) is 5.32 Å². The Morgan fingerprint density at radius 3 is 2.00 bits per heavy atom. The molecule has 2 aliphatic rings. The second-order valence-corrected chi connectivity index (χ2v) is 11.5. The number of carbonyl (C=O) groups is 1. The molecule has 0 saturated carbocycles. The van der Waals surface area contributed by atoms with Crippen molar-refractivity contribution in [2.24, 2.45) is 0 Å². The molecule has 2 bridgehead atoms. The lowest BCUT2D eigenvalue weighted by Crippen LogP contribution is -2.52. The van der Waals surface area contributed by atoms with Gasteiger partial charge in [-0.3, -0.25) is 4.79 Å². The number of hydrogen-bond acceptors (Lipinski definition) is 5. The van der Waals surface area contributed by atoms with Gasteiger partial charge in [-0.15, -0.1) is 0 Å². The summed E-state index contributed by atoms with van der Waals surface area (Å²) in [5.74, 6) is -0.277. The third kappa shape index (κ3) is 4.03. The Morgan fingerprint density at radius 1 is 1.04 bits per heavy atom. The monoisotopic (exact) mass is 415 g/mol. The van der Waals surface area contributed by atoms with Crippen molar-refractivity contribution in [2.75, 3.05) is 20.4 Å². The van der Waals surface area contributed by atoms with E-state index >= 15 is 0 Å². The van der Waals surface area contributed by atoms with Crippen LogP contribution in [0.1, 0.15) is 36.0 Å². The van der Waals surface area contributed by atoms with E-state index in [9.17, 15) is 21.6 Å². The molecule has 2 atom stereocenters. The quantitative estimate of drug-likeness (QED) is 0.759. The molecule has 1 aromatic carbocycles. The molecule has 1 N–H and O–H groups in total. The van der Waals surface area contributed by atoms with Crippen LogP contribution in [0.4, 0.5) is 0 Å². The van der Waals surface area contributed by atoms with Crippen LogP contribution in [0.15, 0.2) is 29.2 Å². The highest BCUT2D eigenvalue weighted by molar-refractivity contribution is 7.89. The van der Waals surface area contributed by atoms with Gasteiger partial charge in [-0.05, 0) is 49.9 Å². The van der Waals surface area contributed by atoms with E-state index in [-0.39, 0.29) is 28.9 Å². The highest BCUT2D eigenvalue weighted by Gasteiger charge is 2.45. The average molecular weight is 416 g/mol. The van der Waals surface area contributed by atoms with Crippen molar-refractivity contribution in [1.82, 2.24) is 13.9 Å². The zero-order valence-corrected chi connectivity index (χ0v) is 17.3. The van der Waals surface area contributed by atoms with E-state index in [0.29, 0.717) is 18.4 Å². The molecule has 2 fully saturated rings. The predicted molar refractivity (Wildman–Crippen MR) is 101 cm³/mol. The second kappa shape index (κ2) is 7.16. The number of benzene rings is 1. The standard InChI is InChI=1S/C17H25N3O5S2/c1-19(2)27(24,25)16-8-4-12(5-9-16)17(21)18-13-10-14-6-7-15(11-13)20(14)26(3,22)23/h4-5,8-9,13-15H,6-7,10-11H2,1-3H3,(H,18,21). The van der Waals surface area contributed by atoms with Crippen molar-refractivity contribution < 1.29 is 21.6 Å². The van der Waals surface area contributed by atoms with Gasteiger partial charge in [0.15, 0.2) is 0 Å². The van der Waals surface area contributed by atoms with Crippen molar-refractivity contribution in [3.8, 4) is 0 Å². The first-order chi connectivity index (χ1) is 12.5. The van der Waals surface area contributed by atoms with Gasteiger partial charge in [0.2, 0.25) is 20.0 Å². The molecule has 0 aliphatic carbocycles. The Bertz CT molecular complexity index is 912. The minimum absolute atomic E-state index is 0.0586. The number of carbonyl (C=O) groups excluding carboxylic acids is 1. The molecule has 2 unspecified atom stereocenters. The summed E-state index contributed by atoms with van der Waals surface area (Å²) < 4.78 is 50.8. The van der Waals surface area contributed by atoms with E-state index in [1.54, 1.807) is 4.31 Å². The van der Waals surface area contributed by atoms with Gasteiger partial charge in [0.05, 0.1) is 11.2 Å². The van der Waals surface area contributed by atoms with E-state index in [1.165, 1.54) is 44.6 Å². The first-order valence-corrected chi connectivity index (χ1v) is 12.1. The van der Waals surface area contributed by atoms with E-state index in [1.807, 2.05) is 0 Å². The van der Waals surface area contributed by atoms with Crippen molar-refractivity contribution >= 4 is 26.0 Å². The van der Waals surface area contributed by atoms with Crippen molar-refractivity contribution in [1.29, 1.82) is 0 Å². The molecule has 2 heterocycles. The fourth-order valence-electron chi connectivity index (χ4n) is 4.05. The van der Waals surface area contributed by atoms with Gasteiger partial charge < -0.3 is 5.32 Å². The highest BCUT2D eigenvalue weighted by atomic mass is 32.2. The maximum atomic E-state index is 12.5. The van der Waals surface area contributed by atoms with Gasteiger partial charge in [-0.1, -0.05) is 0 Å². The SMILES string of the molecule is CN(C)S(=O)(=O)c1ccc(C(=O)NC2CC3CCC(C2)N3S(C)(=O)=O)cc1. The van der Waals surface area contributed by atoms with Gasteiger partial charge in [0, 0.05) is 37.8 Å². The number of sulfonamides is 2. The first-order valence-electron chi connectivity index (χ1n) is 8.82. The van der Waals surface area contributed by atoms with Crippen LogP contribution >= 0.6 is 0 Å². The molecule has 0 spiro atoms. The predicted octanol–water partition coefficient (Wildman–Crippen LogP) is 0.622. The molecule has 2 saturated heterocycles. The Morgan fingerprint density at radius 2 is 1.56 bits per heavy atom. The van der Waals surface area contributed by atoms with Crippen LogP contribution in [-0.2, 0) is 20.0 Å². The zero-order chi connectivity index (χ0) is 20.0. The van der Waals surface area contributed by atoms with Crippen LogP contribution in [0.3, 0.4) is 0 Å². The minimum atomic E-state index is -3.53. The lowest BCUT2D eigenvalue weighted by Gasteiger charge is -2.37. The largest absolute Gasteiger partial charge is 0.349 e. The zero-order valence-electron chi connectivity index (χ0n) is 15.6. The molecule has 150 valence electrons. The van der Waals surface area contributed by atoms with Crippen LogP contribution in [0.5, 0.6) is 0 Å². The molecular formula is C17H25N3O5S2. The number of fused-ring (bicyclic) bond motifs is 2. The average Bonchev–Trinajstić information content (AvgIpc) is 2.87. The maximum Gasteiger partial charge on any atom is 0.251 e. The van der Waals surface area contributed by atoms with Crippen LogP contribution < -0.4 is 5.32 Å². The molecular weight excluding hydrogens is 390 g/mol. The van der Waals surface area contributed by atoms with Crippen LogP contribution in [0.25, 0.3) is 0 Å². The third-order valence-electron chi connectivity index (χ3n) is 5.28. The molecule has 1 amide bonds. The smallest absolute Gasteiger partial charge is 0.251 e. The molecule has 8 nitrogen and oxygen atoms in total. The Balaban J connectivity index is 1.67. The Kier molecular flexibility index (Phi) is 5.37. The fraction of sp³-hybridized carbons (Fsp3) is 0.588. The molecule has 0 aromatic heterocycles. The van der Waals surface area contributed by atoms with E-state index in [4.69, 9.17) is 0 Å². The van der Waals surface area contributed by atoms with Gasteiger partial charge in [-0.25, -0.2) is 21.1 Å². The van der Waals surface area contributed by atoms with E-state index < -0.39 is 20.0 Å². The second-order valence-electron chi connectivity index (χ2n) is 7.43. The summed E-state index contributed by atoms with van der Waals surface area (Å²) in [5.41, 5.74) is 0.380. The van der Waals surface area contributed by atoms with Crippen LogP contribution in [0, 0.1) is 0 Å². The number of nitrogens with zero attached hydrogens (tertiary/aromatic N) is 2. The number of nitrogens with one attached hydrogen (secondary N) is 1. The van der Waals surface area contributed by atoms with Gasteiger partial charge in [0.1, 0.15) is 0 Å². The summed E-state index contributed by atoms with van der Waals surface area (Å²) in [7, 11) is -3.86. The molecule has 0 radical (unpaired) electrons. The molecule has 10 heteroatoms.